The predicted octanol–water partition coefficient (Wildman–Crippen LogP) is 3.46. The highest BCUT2D eigenvalue weighted by atomic mass is 32.1. The third kappa shape index (κ3) is 2.61. The fourth-order valence-electron chi connectivity index (χ4n) is 2.26. The van der Waals surface area contributed by atoms with E-state index in [9.17, 15) is 0 Å². The lowest BCUT2D eigenvalue weighted by Crippen LogP contribution is -2.36. The van der Waals surface area contributed by atoms with Crippen molar-refractivity contribution in [1.82, 2.24) is 5.32 Å². The van der Waals surface area contributed by atoms with Gasteiger partial charge in [-0.05, 0) is 56.0 Å². The summed E-state index contributed by atoms with van der Waals surface area (Å²) in [5, 5.41) is 5.84. The fourth-order valence-corrected chi connectivity index (χ4v) is 3.12. The van der Waals surface area contributed by atoms with E-state index in [4.69, 9.17) is 0 Å². The Hall–Kier alpha value is -0.340. The summed E-state index contributed by atoms with van der Waals surface area (Å²) in [6.45, 7) is 5.75. The van der Waals surface area contributed by atoms with Crippen molar-refractivity contribution in [3.8, 4) is 0 Å². The van der Waals surface area contributed by atoms with Crippen molar-refractivity contribution < 1.29 is 0 Å². The molecule has 0 bridgehead atoms. The lowest BCUT2D eigenvalue weighted by molar-refractivity contribution is 0.352. The van der Waals surface area contributed by atoms with Gasteiger partial charge in [-0.1, -0.05) is 13.0 Å². The highest BCUT2D eigenvalue weighted by Crippen LogP contribution is 2.51. The first kappa shape index (κ1) is 11.2. The van der Waals surface area contributed by atoms with Crippen LogP contribution in [0.5, 0.6) is 0 Å². The molecule has 2 heteroatoms. The van der Waals surface area contributed by atoms with Crippen LogP contribution in [0.1, 0.15) is 38.0 Å². The fraction of sp³-hybridized carbons (Fsp3) is 0.692. The molecule has 15 heavy (non-hydrogen) atoms. The van der Waals surface area contributed by atoms with E-state index in [1.165, 1.54) is 25.7 Å². The van der Waals surface area contributed by atoms with Crippen LogP contribution in [0.3, 0.4) is 0 Å². The van der Waals surface area contributed by atoms with E-state index in [-0.39, 0.29) is 0 Å². The molecule has 0 saturated heterocycles. The Labute approximate surface area is 96.9 Å². The molecule has 84 valence electrons. The van der Waals surface area contributed by atoms with Crippen molar-refractivity contribution in [2.24, 2.45) is 5.41 Å². The molecule has 1 unspecified atom stereocenters. The second-order valence-electron chi connectivity index (χ2n) is 4.79. The number of thiophene rings is 1. The Kier molecular flexibility index (Phi) is 3.47. The van der Waals surface area contributed by atoms with E-state index in [0.717, 1.165) is 6.54 Å². The highest BCUT2D eigenvalue weighted by molar-refractivity contribution is 7.09. The second-order valence-corrected chi connectivity index (χ2v) is 5.83. The molecular formula is C13H21NS. The third-order valence-electron chi connectivity index (χ3n) is 3.62. The van der Waals surface area contributed by atoms with Gasteiger partial charge in [0, 0.05) is 10.9 Å². The molecule has 0 spiro atoms. The number of hydrogen-bond donors (Lipinski definition) is 1. The summed E-state index contributed by atoms with van der Waals surface area (Å²) in [5.74, 6) is 0. The molecule has 1 saturated carbocycles. The van der Waals surface area contributed by atoms with Crippen LogP contribution in [0.25, 0.3) is 0 Å². The van der Waals surface area contributed by atoms with E-state index in [1.807, 2.05) is 11.3 Å². The molecule has 1 nitrogen and oxygen atoms in total. The average Bonchev–Trinajstić information content (AvgIpc) is 2.83. The summed E-state index contributed by atoms with van der Waals surface area (Å²) in [5.41, 5.74) is 0.583. The number of rotatable bonds is 6. The normalized spacial score (nSPS) is 20.1. The van der Waals surface area contributed by atoms with E-state index in [2.05, 4.69) is 36.7 Å². The summed E-state index contributed by atoms with van der Waals surface area (Å²) >= 11 is 1.90. The molecule has 1 aromatic heterocycles. The first-order valence-electron chi connectivity index (χ1n) is 6.02. The monoisotopic (exact) mass is 223 g/mol. The summed E-state index contributed by atoms with van der Waals surface area (Å²) in [7, 11) is 0. The Bertz CT molecular complexity index is 287. The maximum atomic E-state index is 3.65. The Morgan fingerprint density at radius 2 is 2.33 bits per heavy atom. The molecule has 1 aromatic rings. The summed E-state index contributed by atoms with van der Waals surface area (Å²) in [6.07, 6.45) is 5.33. The van der Waals surface area contributed by atoms with Gasteiger partial charge in [-0.15, -0.1) is 11.3 Å². The summed E-state index contributed by atoms with van der Waals surface area (Å²) in [6, 6.07) is 5.12. The number of hydrogen-bond acceptors (Lipinski definition) is 2. The first-order chi connectivity index (χ1) is 7.27. The van der Waals surface area contributed by atoms with Crippen molar-refractivity contribution in [1.29, 1.82) is 0 Å². The zero-order valence-corrected chi connectivity index (χ0v) is 10.6. The minimum Gasteiger partial charge on any atom is -0.314 e. The average molecular weight is 223 g/mol. The SMILES string of the molecule is CCCNC(C)C1(Cc2cccs2)CC1. The van der Waals surface area contributed by atoms with Gasteiger partial charge in [0.05, 0.1) is 0 Å². The van der Waals surface area contributed by atoms with Crippen molar-refractivity contribution in [2.45, 2.75) is 45.6 Å². The van der Waals surface area contributed by atoms with Crippen LogP contribution >= 0.6 is 11.3 Å². The van der Waals surface area contributed by atoms with Crippen LogP contribution < -0.4 is 5.32 Å². The predicted molar refractivity (Wildman–Crippen MR) is 67.4 cm³/mol. The van der Waals surface area contributed by atoms with Crippen molar-refractivity contribution in [3.05, 3.63) is 22.4 Å². The molecule has 1 aliphatic rings. The van der Waals surface area contributed by atoms with Crippen LogP contribution in [0, 0.1) is 5.41 Å². The largest absolute Gasteiger partial charge is 0.314 e. The van der Waals surface area contributed by atoms with E-state index < -0.39 is 0 Å². The van der Waals surface area contributed by atoms with E-state index >= 15 is 0 Å². The molecule has 0 aliphatic heterocycles. The quantitative estimate of drug-likeness (QED) is 0.779. The van der Waals surface area contributed by atoms with E-state index in [1.54, 1.807) is 4.88 Å². The molecule has 0 aromatic carbocycles. The van der Waals surface area contributed by atoms with Gasteiger partial charge in [0.1, 0.15) is 0 Å². The molecule has 2 rings (SSSR count). The van der Waals surface area contributed by atoms with Gasteiger partial charge in [-0.2, -0.15) is 0 Å². The maximum Gasteiger partial charge on any atom is 0.00986 e. The smallest absolute Gasteiger partial charge is 0.00986 e. The summed E-state index contributed by atoms with van der Waals surface area (Å²) in [4.78, 5) is 1.55. The zero-order chi connectivity index (χ0) is 10.7. The molecule has 0 radical (unpaired) electrons. The van der Waals surface area contributed by atoms with Crippen molar-refractivity contribution in [2.75, 3.05) is 6.54 Å². The molecule has 0 amide bonds. The van der Waals surface area contributed by atoms with Crippen LogP contribution in [-0.4, -0.2) is 12.6 Å². The molecule has 1 N–H and O–H groups in total. The Morgan fingerprint density at radius 3 is 2.87 bits per heavy atom. The minimum atomic E-state index is 0.583. The standard InChI is InChI=1S/C13H21NS/c1-3-8-14-11(2)13(6-7-13)10-12-5-4-9-15-12/h4-5,9,11,14H,3,6-8,10H2,1-2H3. The Balaban J connectivity index is 1.89. The maximum absolute atomic E-state index is 3.65. The molecule has 1 atom stereocenters. The molecule has 1 aliphatic carbocycles. The molecule has 1 heterocycles. The second kappa shape index (κ2) is 4.67. The van der Waals surface area contributed by atoms with Gasteiger partial charge in [-0.25, -0.2) is 0 Å². The zero-order valence-electron chi connectivity index (χ0n) is 9.75. The van der Waals surface area contributed by atoms with Crippen LogP contribution in [0.15, 0.2) is 17.5 Å². The van der Waals surface area contributed by atoms with Gasteiger partial charge < -0.3 is 5.32 Å². The number of nitrogens with one attached hydrogen (secondary N) is 1. The van der Waals surface area contributed by atoms with Crippen molar-refractivity contribution in [3.63, 3.8) is 0 Å². The Morgan fingerprint density at radius 1 is 1.53 bits per heavy atom. The van der Waals surface area contributed by atoms with Crippen LogP contribution in [0.4, 0.5) is 0 Å². The van der Waals surface area contributed by atoms with Gasteiger partial charge in [-0.3, -0.25) is 0 Å². The first-order valence-corrected chi connectivity index (χ1v) is 6.90. The van der Waals surface area contributed by atoms with E-state index in [0.29, 0.717) is 11.5 Å². The highest BCUT2D eigenvalue weighted by Gasteiger charge is 2.46. The third-order valence-corrected chi connectivity index (χ3v) is 4.49. The van der Waals surface area contributed by atoms with Crippen LogP contribution in [-0.2, 0) is 6.42 Å². The molecule has 1 fully saturated rings. The summed E-state index contributed by atoms with van der Waals surface area (Å²) < 4.78 is 0. The topological polar surface area (TPSA) is 12.0 Å². The van der Waals surface area contributed by atoms with Gasteiger partial charge in [0.15, 0.2) is 0 Å². The van der Waals surface area contributed by atoms with Gasteiger partial charge in [0.2, 0.25) is 0 Å². The lowest BCUT2D eigenvalue weighted by atomic mass is 9.93. The van der Waals surface area contributed by atoms with Crippen LogP contribution in [0.2, 0.25) is 0 Å². The van der Waals surface area contributed by atoms with Gasteiger partial charge >= 0.3 is 0 Å². The van der Waals surface area contributed by atoms with Crippen molar-refractivity contribution >= 4 is 11.3 Å². The lowest BCUT2D eigenvalue weighted by Gasteiger charge is -2.24. The molecular weight excluding hydrogens is 202 g/mol. The van der Waals surface area contributed by atoms with Gasteiger partial charge in [0.25, 0.3) is 0 Å². The minimum absolute atomic E-state index is 0.583.